The van der Waals surface area contributed by atoms with Gasteiger partial charge in [-0.2, -0.15) is 0 Å². The maximum atomic E-state index is 5.89. The Morgan fingerprint density at radius 3 is 2.50 bits per heavy atom. The standard InChI is InChI=1S/C12H20N4/c1-8-7-12(15-9(2)14-8)16-11-5-3-10(13)4-6-11/h7,10-11H,3-6,13H2,1-2H3,(H,14,15,16). The molecule has 0 amide bonds. The van der Waals surface area contributed by atoms with Crippen LogP contribution in [0.4, 0.5) is 5.82 Å². The van der Waals surface area contributed by atoms with Gasteiger partial charge in [-0.3, -0.25) is 0 Å². The number of nitrogens with zero attached hydrogens (tertiary/aromatic N) is 2. The van der Waals surface area contributed by atoms with Gasteiger partial charge in [-0.05, 0) is 39.5 Å². The topological polar surface area (TPSA) is 63.8 Å². The predicted molar refractivity (Wildman–Crippen MR) is 65.4 cm³/mol. The Balaban J connectivity index is 1.98. The molecule has 1 aliphatic carbocycles. The van der Waals surface area contributed by atoms with Crippen LogP contribution in [0.1, 0.15) is 37.2 Å². The van der Waals surface area contributed by atoms with Crippen molar-refractivity contribution < 1.29 is 0 Å². The van der Waals surface area contributed by atoms with Crippen LogP contribution in [-0.2, 0) is 0 Å². The molecule has 0 aromatic carbocycles. The Labute approximate surface area is 96.7 Å². The fraction of sp³-hybridized carbons (Fsp3) is 0.667. The van der Waals surface area contributed by atoms with Crippen molar-refractivity contribution in [3.8, 4) is 0 Å². The van der Waals surface area contributed by atoms with Crippen molar-refractivity contribution in [2.75, 3.05) is 5.32 Å². The molecule has 4 nitrogen and oxygen atoms in total. The summed E-state index contributed by atoms with van der Waals surface area (Å²) in [5.74, 6) is 1.78. The Kier molecular flexibility index (Phi) is 3.39. The molecule has 0 spiro atoms. The van der Waals surface area contributed by atoms with Gasteiger partial charge in [0.05, 0.1) is 0 Å². The maximum Gasteiger partial charge on any atom is 0.130 e. The second-order valence-corrected chi connectivity index (χ2v) is 4.70. The van der Waals surface area contributed by atoms with Gasteiger partial charge in [0.1, 0.15) is 11.6 Å². The van der Waals surface area contributed by atoms with Gasteiger partial charge in [0, 0.05) is 23.8 Å². The lowest BCUT2D eigenvalue weighted by Crippen LogP contribution is -2.33. The number of hydrogen-bond acceptors (Lipinski definition) is 4. The number of anilines is 1. The van der Waals surface area contributed by atoms with Crippen LogP contribution in [-0.4, -0.2) is 22.1 Å². The van der Waals surface area contributed by atoms with Crippen LogP contribution >= 0.6 is 0 Å². The summed E-state index contributed by atoms with van der Waals surface area (Å²) in [5.41, 5.74) is 6.90. The molecule has 1 aromatic heterocycles. The quantitative estimate of drug-likeness (QED) is 0.797. The molecule has 1 aromatic rings. The second-order valence-electron chi connectivity index (χ2n) is 4.70. The minimum absolute atomic E-state index is 0.395. The highest BCUT2D eigenvalue weighted by Crippen LogP contribution is 2.20. The van der Waals surface area contributed by atoms with Crippen LogP contribution in [0.25, 0.3) is 0 Å². The van der Waals surface area contributed by atoms with Gasteiger partial charge < -0.3 is 11.1 Å². The molecule has 1 saturated carbocycles. The van der Waals surface area contributed by atoms with E-state index in [2.05, 4.69) is 15.3 Å². The van der Waals surface area contributed by atoms with E-state index in [-0.39, 0.29) is 0 Å². The van der Waals surface area contributed by atoms with E-state index in [0.29, 0.717) is 12.1 Å². The molecule has 1 fully saturated rings. The van der Waals surface area contributed by atoms with E-state index in [1.165, 1.54) is 0 Å². The average molecular weight is 220 g/mol. The van der Waals surface area contributed by atoms with Crippen molar-refractivity contribution in [1.29, 1.82) is 0 Å². The summed E-state index contributed by atoms with van der Waals surface area (Å²) in [4.78, 5) is 8.66. The number of aromatic nitrogens is 2. The molecule has 2 rings (SSSR count). The molecular formula is C12H20N4. The van der Waals surface area contributed by atoms with Crippen LogP contribution in [0.2, 0.25) is 0 Å². The van der Waals surface area contributed by atoms with Gasteiger partial charge in [0.2, 0.25) is 0 Å². The summed E-state index contributed by atoms with van der Waals surface area (Å²) in [7, 11) is 0. The zero-order valence-corrected chi connectivity index (χ0v) is 10.0. The molecule has 0 bridgehead atoms. The third-order valence-electron chi connectivity index (χ3n) is 3.09. The van der Waals surface area contributed by atoms with E-state index < -0.39 is 0 Å². The van der Waals surface area contributed by atoms with Crippen LogP contribution in [0.15, 0.2) is 6.07 Å². The molecular weight excluding hydrogens is 200 g/mol. The summed E-state index contributed by atoms with van der Waals surface area (Å²) in [6.45, 7) is 3.92. The lowest BCUT2D eigenvalue weighted by Gasteiger charge is -2.27. The van der Waals surface area contributed by atoms with Crippen molar-refractivity contribution in [2.45, 2.75) is 51.6 Å². The molecule has 88 valence electrons. The van der Waals surface area contributed by atoms with Crippen molar-refractivity contribution >= 4 is 5.82 Å². The van der Waals surface area contributed by atoms with E-state index in [4.69, 9.17) is 5.73 Å². The van der Waals surface area contributed by atoms with E-state index >= 15 is 0 Å². The van der Waals surface area contributed by atoms with Crippen molar-refractivity contribution in [3.05, 3.63) is 17.6 Å². The molecule has 0 aliphatic heterocycles. The monoisotopic (exact) mass is 220 g/mol. The van der Waals surface area contributed by atoms with E-state index in [0.717, 1.165) is 43.0 Å². The van der Waals surface area contributed by atoms with E-state index in [1.54, 1.807) is 0 Å². The molecule has 1 aliphatic rings. The highest BCUT2D eigenvalue weighted by molar-refractivity contribution is 5.36. The average Bonchev–Trinajstić information content (AvgIpc) is 2.20. The zero-order valence-electron chi connectivity index (χ0n) is 10.0. The van der Waals surface area contributed by atoms with Crippen molar-refractivity contribution in [1.82, 2.24) is 9.97 Å². The summed E-state index contributed by atoms with van der Waals surface area (Å²) in [5, 5.41) is 3.48. The molecule has 0 saturated heterocycles. The number of nitrogens with one attached hydrogen (secondary N) is 1. The van der Waals surface area contributed by atoms with Crippen LogP contribution in [0, 0.1) is 13.8 Å². The van der Waals surface area contributed by atoms with Gasteiger partial charge in [-0.1, -0.05) is 0 Å². The Morgan fingerprint density at radius 1 is 1.19 bits per heavy atom. The summed E-state index contributed by atoms with van der Waals surface area (Å²) >= 11 is 0. The number of aryl methyl sites for hydroxylation is 2. The summed E-state index contributed by atoms with van der Waals surface area (Å²) in [6, 6.07) is 2.92. The van der Waals surface area contributed by atoms with Crippen LogP contribution in [0.3, 0.4) is 0 Å². The fourth-order valence-corrected chi connectivity index (χ4v) is 2.26. The first-order valence-corrected chi connectivity index (χ1v) is 5.98. The lowest BCUT2D eigenvalue weighted by atomic mass is 9.92. The maximum absolute atomic E-state index is 5.89. The minimum atomic E-state index is 0.395. The molecule has 3 N–H and O–H groups in total. The highest BCUT2D eigenvalue weighted by Gasteiger charge is 2.18. The third-order valence-corrected chi connectivity index (χ3v) is 3.09. The first-order valence-electron chi connectivity index (χ1n) is 5.98. The molecule has 16 heavy (non-hydrogen) atoms. The molecule has 4 heteroatoms. The molecule has 1 heterocycles. The lowest BCUT2D eigenvalue weighted by molar-refractivity contribution is 0.410. The Bertz CT molecular complexity index is 336. The van der Waals surface area contributed by atoms with Gasteiger partial charge in [0.15, 0.2) is 0 Å². The zero-order chi connectivity index (χ0) is 11.5. The molecule has 0 radical (unpaired) electrons. The first kappa shape index (κ1) is 11.3. The minimum Gasteiger partial charge on any atom is -0.367 e. The molecule has 0 unspecified atom stereocenters. The third kappa shape index (κ3) is 2.92. The fourth-order valence-electron chi connectivity index (χ4n) is 2.26. The highest BCUT2D eigenvalue weighted by atomic mass is 15.0. The van der Waals surface area contributed by atoms with Gasteiger partial charge in [-0.25, -0.2) is 9.97 Å². The smallest absolute Gasteiger partial charge is 0.130 e. The van der Waals surface area contributed by atoms with Gasteiger partial charge in [-0.15, -0.1) is 0 Å². The van der Waals surface area contributed by atoms with Gasteiger partial charge in [0.25, 0.3) is 0 Å². The van der Waals surface area contributed by atoms with Gasteiger partial charge >= 0.3 is 0 Å². The summed E-state index contributed by atoms with van der Waals surface area (Å²) < 4.78 is 0. The SMILES string of the molecule is Cc1cc(NC2CCC(N)CC2)nc(C)n1. The predicted octanol–water partition coefficient (Wildman–Crippen LogP) is 1.78. The van der Waals surface area contributed by atoms with Crippen molar-refractivity contribution in [3.63, 3.8) is 0 Å². The summed E-state index contributed by atoms with van der Waals surface area (Å²) in [6.07, 6.45) is 4.51. The second kappa shape index (κ2) is 4.78. The van der Waals surface area contributed by atoms with Crippen LogP contribution < -0.4 is 11.1 Å². The molecule has 0 atom stereocenters. The number of rotatable bonds is 2. The Hall–Kier alpha value is -1.16. The van der Waals surface area contributed by atoms with Crippen LogP contribution in [0.5, 0.6) is 0 Å². The van der Waals surface area contributed by atoms with E-state index in [9.17, 15) is 0 Å². The largest absolute Gasteiger partial charge is 0.367 e. The number of hydrogen-bond donors (Lipinski definition) is 2. The normalized spacial score (nSPS) is 25.4. The first-order chi connectivity index (χ1) is 7.63. The Morgan fingerprint density at radius 2 is 1.88 bits per heavy atom. The number of nitrogens with two attached hydrogens (primary N) is 1. The van der Waals surface area contributed by atoms with E-state index in [1.807, 2.05) is 19.9 Å². The van der Waals surface area contributed by atoms with Crippen molar-refractivity contribution in [2.24, 2.45) is 5.73 Å².